The van der Waals surface area contributed by atoms with Crippen LogP contribution in [0, 0.1) is 0 Å². The zero-order valence-corrected chi connectivity index (χ0v) is 21.9. The Balaban J connectivity index is -0.0000000386. The average molecular weight is 620 g/mol. The van der Waals surface area contributed by atoms with E-state index in [2.05, 4.69) is 0 Å². The summed E-state index contributed by atoms with van der Waals surface area (Å²) in [6, 6.07) is 0. The molecule has 0 atom stereocenters. The van der Waals surface area contributed by atoms with Crippen molar-refractivity contribution in [1.29, 1.82) is 0 Å². The fraction of sp³-hybridized carbons (Fsp3) is 0.545. The van der Waals surface area contributed by atoms with Gasteiger partial charge in [-0.1, -0.05) is 0 Å². The molecular weight excluding hydrogens is 602 g/mol. The zero-order chi connectivity index (χ0) is 21.8. The molecule has 0 aliphatic carbocycles. The maximum absolute atomic E-state index is 9.80. The van der Waals surface area contributed by atoms with Crippen LogP contribution in [0.15, 0.2) is 0 Å². The topological polar surface area (TPSA) is 255 Å². The zero-order valence-electron chi connectivity index (χ0n) is 15.2. The molecular formula is C11H17NaO13PbS-4. The van der Waals surface area contributed by atoms with Gasteiger partial charge in [-0.2, -0.15) is 8.42 Å². The van der Waals surface area contributed by atoms with Crippen molar-refractivity contribution in [3.8, 4) is 0 Å². The Hall–Kier alpha value is -0.818. The maximum atomic E-state index is 9.80. The van der Waals surface area contributed by atoms with Gasteiger partial charge in [0.2, 0.25) is 0 Å². The SMILES string of the molecule is CC(=O)[O-].CC(=O)[O-].CC(=O)[O-].CC(=O)[O-].O=C([O-])CCS(=O)(=O)O.[Na+].[Pb]. The van der Waals surface area contributed by atoms with Gasteiger partial charge >= 0.3 is 29.6 Å². The van der Waals surface area contributed by atoms with E-state index in [1.807, 2.05) is 0 Å². The van der Waals surface area contributed by atoms with Gasteiger partial charge < -0.3 is 49.5 Å². The van der Waals surface area contributed by atoms with Gasteiger partial charge in [-0.3, -0.25) is 4.55 Å². The third-order valence-electron chi connectivity index (χ3n) is 0.564. The number of aliphatic carboxylic acids is 5. The van der Waals surface area contributed by atoms with Crippen LogP contribution in [0.1, 0.15) is 34.1 Å². The first-order chi connectivity index (χ1) is 10.8. The first-order valence-corrected chi connectivity index (χ1v) is 7.31. The van der Waals surface area contributed by atoms with E-state index in [0.717, 1.165) is 27.7 Å². The summed E-state index contributed by atoms with van der Waals surface area (Å²) in [5.41, 5.74) is 0. The molecule has 0 aromatic heterocycles. The number of carboxylic acid groups (broad SMARTS) is 5. The average Bonchev–Trinajstić information content (AvgIpc) is 2.21. The molecule has 0 saturated heterocycles. The minimum absolute atomic E-state index is 0. The van der Waals surface area contributed by atoms with Crippen molar-refractivity contribution in [2.45, 2.75) is 34.1 Å². The first kappa shape index (κ1) is 45.1. The van der Waals surface area contributed by atoms with Crippen LogP contribution < -0.4 is 55.1 Å². The number of carboxylic acids is 5. The minimum atomic E-state index is -4.14. The largest absolute Gasteiger partial charge is 1.00 e. The van der Waals surface area contributed by atoms with Crippen LogP contribution >= 0.6 is 0 Å². The number of hydrogen-bond donors (Lipinski definition) is 1. The van der Waals surface area contributed by atoms with Crippen LogP contribution in [0.25, 0.3) is 0 Å². The van der Waals surface area contributed by atoms with Gasteiger partial charge in [-0.25, -0.2) is 0 Å². The number of carbonyl (C=O) groups excluding carboxylic acids is 5. The molecule has 0 aromatic carbocycles. The standard InChI is InChI=1S/C3H6O5S.4C2H4O2.Na.Pb/c4-3(5)1-2-9(6,7)8;4*1-2(3)4;;/h1-2H2,(H,4,5)(H,6,7,8);4*1H3,(H,3,4);;/q;;;;;+1;/p-5. The van der Waals surface area contributed by atoms with Crippen LogP contribution in [0.3, 0.4) is 0 Å². The Morgan fingerprint density at radius 2 is 0.852 bits per heavy atom. The van der Waals surface area contributed by atoms with Crippen LogP contribution in [0.2, 0.25) is 0 Å². The molecule has 1 N–H and O–H groups in total. The molecule has 13 nitrogen and oxygen atoms in total. The molecule has 0 heterocycles. The predicted octanol–water partition coefficient (Wildman–Crippen LogP) is -10.3. The molecule has 0 fully saturated rings. The van der Waals surface area contributed by atoms with E-state index >= 15 is 0 Å². The molecule has 0 bridgehead atoms. The molecule has 0 aromatic rings. The van der Waals surface area contributed by atoms with Crippen molar-refractivity contribution in [2.24, 2.45) is 0 Å². The third kappa shape index (κ3) is 504. The van der Waals surface area contributed by atoms with Crippen LogP contribution in [-0.4, -0.2) is 75.9 Å². The van der Waals surface area contributed by atoms with Crippen LogP contribution in [0.5, 0.6) is 0 Å². The van der Waals surface area contributed by atoms with Crippen LogP contribution in [-0.2, 0) is 34.1 Å². The smallest absolute Gasteiger partial charge is 0.550 e. The van der Waals surface area contributed by atoms with Crippen LogP contribution in [0.4, 0.5) is 0 Å². The molecule has 0 unspecified atom stereocenters. The molecule has 154 valence electrons. The fourth-order valence-corrected chi connectivity index (χ4v) is 0.637. The summed E-state index contributed by atoms with van der Waals surface area (Å²) in [5, 5.41) is 45.1. The molecule has 0 amide bonds. The van der Waals surface area contributed by atoms with E-state index in [9.17, 15) is 18.3 Å². The minimum Gasteiger partial charge on any atom is -0.550 e. The van der Waals surface area contributed by atoms with E-state index in [4.69, 9.17) is 44.2 Å². The fourth-order valence-electron chi connectivity index (χ4n) is 0.212. The van der Waals surface area contributed by atoms with Gasteiger partial charge in [-0.05, 0) is 27.7 Å². The van der Waals surface area contributed by atoms with Crippen molar-refractivity contribution in [1.82, 2.24) is 0 Å². The summed E-state index contributed by atoms with van der Waals surface area (Å²) in [5.74, 6) is -6.61. The summed E-state index contributed by atoms with van der Waals surface area (Å²) in [7, 11) is -4.14. The summed E-state index contributed by atoms with van der Waals surface area (Å²) in [6.45, 7) is 3.89. The van der Waals surface area contributed by atoms with E-state index in [-0.39, 0.29) is 56.9 Å². The quantitative estimate of drug-likeness (QED) is 0.228. The van der Waals surface area contributed by atoms with Crippen molar-refractivity contribution >= 4 is 67.3 Å². The Labute approximate surface area is 198 Å². The molecule has 27 heavy (non-hydrogen) atoms. The van der Waals surface area contributed by atoms with E-state index in [1.165, 1.54) is 0 Å². The van der Waals surface area contributed by atoms with E-state index < -0.39 is 52.1 Å². The first-order valence-electron chi connectivity index (χ1n) is 5.70. The van der Waals surface area contributed by atoms with E-state index in [0.29, 0.717) is 0 Å². The Morgan fingerprint density at radius 1 is 0.704 bits per heavy atom. The number of rotatable bonds is 3. The summed E-state index contributed by atoms with van der Waals surface area (Å²) in [4.78, 5) is 45.1. The number of hydrogen-bond acceptors (Lipinski definition) is 12. The predicted molar refractivity (Wildman–Crippen MR) is 74.5 cm³/mol. The summed E-state index contributed by atoms with van der Waals surface area (Å²) >= 11 is 0. The van der Waals surface area contributed by atoms with Gasteiger partial charge in [0, 0.05) is 63.6 Å². The third-order valence-corrected chi connectivity index (χ3v) is 1.28. The molecule has 0 spiro atoms. The van der Waals surface area contributed by atoms with Crippen molar-refractivity contribution in [3.63, 3.8) is 0 Å². The second-order valence-electron chi connectivity index (χ2n) is 3.37. The monoisotopic (exact) mass is 620 g/mol. The number of carbonyl (C=O) groups is 5. The Kier molecular flexibility index (Phi) is 50.0. The van der Waals surface area contributed by atoms with Gasteiger partial charge in [0.05, 0.1) is 5.75 Å². The molecule has 16 heteroatoms. The van der Waals surface area contributed by atoms with E-state index in [1.54, 1.807) is 0 Å². The molecule has 0 rings (SSSR count). The van der Waals surface area contributed by atoms with Gasteiger partial charge in [-0.15, -0.1) is 0 Å². The molecule has 4 radical (unpaired) electrons. The maximum Gasteiger partial charge on any atom is 1.00 e. The van der Waals surface area contributed by atoms with Gasteiger partial charge in [0.15, 0.2) is 0 Å². The van der Waals surface area contributed by atoms with Gasteiger partial charge in [0.1, 0.15) is 0 Å². The Morgan fingerprint density at radius 3 is 0.889 bits per heavy atom. The molecule has 0 aliphatic rings. The Bertz CT molecular complexity index is 454. The molecule has 0 aliphatic heterocycles. The summed E-state index contributed by atoms with van der Waals surface area (Å²) < 4.78 is 27.5. The van der Waals surface area contributed by atoms with Crippen molar-refractivity contribution < 1.29 is 92.0 Å². The molecule has 0 saturated carbocycles. The second kappa shape index (κ2) is 29.9. The van der Waals surface area contributed by atoms with Gasteiger partial charge in [0.25, 0.3) is 10.1 Å². The van der Waals surface area contributed by atoms with Crippen molar-refractivity contribution in [2.75, 3.05) is 5.75 Å². The second-order valence-corrected chi connectivity index (χ2v) is 4.95. The normalized spacial score (nSPS) is 7.44. The summed E-state index contributed by atoms with van der Waals surface area (Å²) in [6.07, 6.45) is -0.668. The van der Waals surface area contributed by atoms with Crippen molar-refractivity contribution in [3.05, 3.63) is 0 Å².